The van der Waals surface area contributed by atoms with Crippen LogP contribution in [-0.4, -0.2) is 48.8 Å². The number of hydrogen-bond acceptors (Lipinski definition) is 9. The number of carbonyl (C=O) groups is 1. The van der Waals surface area contributed by atoms with E-state index in [1.165, 1.54) is 23.1 Å². The first-order valence-electron chi connectivity index (χ1n) is 8.22. The van der Waals surface area contributed by atoms with Crippen molar-refractivity contribution < 1.29 is 9.53 Å². The van der Waals surface area contributed by atoms with Crippen LogP contribution in [0.1, 0.15) is 5.01 Å². The Kier molecular flexibility index (Phi) is 5.17. The number of thioether (sulfide) groups is 1. The third-order valence-corrected chi connectivity index (χ3v) is 5.40. The smallest absolute Gasteiger partial charge is 0.236 e. The van der Waals surface area contributed by atoms with Gasteiger partial charge >= 0.3 is 0 Å². The maximum absolute atomic E-state index is 12.1. The number of anilines is 1. The second-order valence-corrected chi connectivity index (χ2v) is 7.79. The van der Waals surface area contributed by atoms with Crippen LogP contribution in [0.15, 0.2) is 41.6 Å². The number of benzene rings is 1. The predicted molar refractivity (Wildman–Crippen MR) is 107 cm³/mol. The number of carbonyl (C=O) groups excluding carboxylic acids is 1. The lowest BCUT2D eigenvalue weighted by Crippen LogP contribution is -2.14. The molecule has 0 unspecified atom stereocenters. The van der Waals surface area contributed by atoms with Crippen molar-refractivity contribution in [2.75, 3.05) is 18.2 Å². The summed E-state index contributed by atoms with van der Waals surface area (Å²) in [6.07, 6.45) is 0. The van der Waals surface area contributed by atoms with E-state index >= 15 is 0 Å². The van der Waals surface area contributed by atoms with Crippen molar-refractivity contribution in [3.05, 3.63) is 41.4 Å². The van der Waals surface area contributed by atoms with E-state index < -0.39 is 0 Å². The van der Waals surface area contributed by atoms with Crippen molar-refractivity contribution in [1.29, 1.82) is 0 Å². The minimum Gasteiger partial charge on any atom is -0.497 e. The Labute approximate surface area is 168 Å². The van der Waals surface area contributed by atoms with Crippen molar-refractivity contribution in [2.45, 2.75) is 12.1 Å². The molecule has 142 valence electrons. The summed E-state index contributed by atoms with van der Waals surface area (Å²) in [5.41, 5.74) is 2.32. The Morgan fingerprint density at radius 3 is 2.68 bits per heavy atom. The summed E-state index contributed by atoms with van der Waals surface area (Å²) >= 11 is 2.58. The highest BCUT2D eigenvalue weighted by atomic mass is 32.2. The standard InChI is InChI=1S/C17H15N7O2S2/c1-10-19-21-16(28-10)18-15(25)9-27-17-22-20-14-8-7-13(23-24(14)17)11-3-5-12(26-2)6-4-11/h3-8H,9H2,1-2H3,(H,18,21,25). The van der Waals surface area contributed by atoms with Crippen LogP contribution in [0.5, 0.6) is 5.75 Å². The number of nitrogens with zero attached hydrogens (tertiary/aromatic N) is 6. The van der Waals surface area contributed by atoms with Gasteiger partial charge in [0.15, 0.2) is 5.65 Å². The molecule has 0 aliphatic heterocycles. The van der Waals surface area contributed by atoms with Crippen molar-refractivity contribution >= 4 is 39.8 Å². The molecule has 0 saturated heterocycles. The molecule has 4 aromatic rings. The normalized spacial score (nSPS) is 10.9. The van der Waals surface area contributed by atoms with Gasteiger partial charge < -0.3 is 4.74 Å². The lowest BCUT2D eigenvalue weighted by molar-refractivity contribution is -0.113. The number of nitrogens with one attached hydrogen (secondary N) is 1. The summed E-state index contributed by atoms with van der Waals surface area (Å²) in [6, 6.07) is 11.3. The summed E-state index contributed by atoms with van der Waals surface area (Å²) in [6.45, 7) is 1.83. The van der Waals surface area contributed by atoms with Crippen molar-refractivity contribution in [1.82, 2.24) is 30.0 Å². The quantitative estimate of drug-likeness (QED) is 0.481. The molecule has 1 N–H and O–H groups in total. The van der Waals surface area contributed by atoms with Crippen molar-refractivity contribution in [3.63, 3.8) is 0 Å². The van der Waals surface area contributed by atoms with Crippen LogP contribution in [-0.2, 0) is 4.79 Å². The number of hydrogen-bond donors (Lipinski definition) is 1. The molecule has 4 rings (SSSR count). The molecule has 0 fully saturated rings. The highest BCUT2D eigenvalue weighted by Crippen LogP contribution is 2.23. The zero-order valence-electron chi connectivity index (χ0n) is 15.0. The SMILES string of the molecule is COc1ccc(-c2ccc3nnc(SCC(=O)Nc4nnc(C)s4)n3n2)cc1. The van der Waals surface area contributed by atoms with E-state index in [1.807, 2.05) is 43.3 Å². The van der Waals surface area contributed by atoms with Gasteiger partial charge in [-0.2, -0.15) is 9.61 Å². The third kappa shape index (κ3) is 3.94. The molecule has 1 amide bonds. The number of aryl methyl sites for hydroxylation is 1. The molecule has 9 nitrogen and oxygen atoms in total. The maximum Gasteiger partial charge on any atom is 0.236 e. The zero-order valence-corrected chi connectivity index (χ0v) is 16.6. The van der Waals surface area contributed by atoms with E-state index in [9.17, 15) is 4.79 Å². The molecule has 1 aromatic carbocycles. The average Bonchev–Trinajstić information content (AvgIpc) is 3.31. The first-order chi connectivity index (χ1) is 13.6. The fourth-order valence-corrected chi connectivity index (χ4v) is 3.70. The molecule has 11 heteroatoms. The van der Waals surface area contributed by atoms with Crippen molar-refractivity contribution in [2.24, 2.45) is 0 Å². The van der Waals surface area contributed by atoms with Crippen LogP contribution in [0, 0.1) is 6.92 Å². The Hall–Kier alpha value is -3.05. The van der Waals surface area contributed by atoms with E-state index in [1.54, 1.807) is 11.6 Å². The molecule has 0 spiro atoms. The summed E-state index contributed by atoms with van der Waals surface area (Å²) in [4.78, 5) is 12.1. The number of rotatable bonds is 6. The number of ether oxygens (including phenoxy) is 1. The van der Waals surface area contributed by atoms with Crippen LogP contribution in [0.25, 0.3) is 16.9 Å². The minimum atomic E-state index is -0.191. The first kappa shape index (κ1) is 18.3. The largest absolute Gasteiger partial charge is 0.497 e. The number of methoxy groups -OCH3 is 1. The number of fused-ring (bicyclic) bond motifs is 1. The van der Waals surface area contributed by atoms with E-state index in [2.05, 4.69) is 30.8 Å². The molecule has 0 saturated carbocycles. The van der Waals surface area contributed by atoms with Crippen LogP contribution in [0.4, 0.5) is 5.13 Å². The van der Waals surface area contributed by atoms with E-state index in [0.717, 1.165) is 22.0 Å². The van der Waals surface area contributed by atoms with Gasteiger partial charge in [-0.25, -0.2) is 0 Å². The van der Waals surface area contributed by atoms with Gasteiger partial charge in [0.05, 0.1) is 18.6 Å². The average molecular weight is 413 g/mol. The minimum absolute atomic E-state index is 0.161. The van der Waals surface area contributed by atoms with Gasteiger partial charge in [-0.05, 0) is 43.3 Å². The molecule has 3 heterocycles. The maximum atomic E-state index is 12.1. The summed E-state index contributed by atoms with van der Waals surface area (Å²) in [5, 5.41) is 25.1. The van der Waals surface area contributed by atoms with Crippen LogP contribution >= 0.6 is 23.1 Å². The van der Waals surface area contributed by atoms with Crippen LogP contribution in [0.2, 0.25) is 0 Å². The Morgan fingerprint density at radius 2 is 1.96 bits per heavy atom. The van der Waals surface area contributed by atoms with Gasteiger partial charge in [0.2, 0.25) is 16.2 Å². The molecule has 0 atom stereocenters. The van der Waals surface area contributed by atoms with E-state index in [4.69, 9.17) is 4.74 Å². The number of aromatic nitrogens is 6. The molecular formula is C17H15N7O2S2. The summed E-state index contributed by atoms with van der Waals surface area (Å²) < 4.78 is 6.82. The molecule has 0 aliphatic carbocycles. The highest BCUT2D eigenvalue weighted by molar-refractivity contribution is 7.99. The molecule has 0 bridgehead atoms. The predicted octanol–water partition coefficient (Wildman–Crippen LogP) is 2.69. The van der Waals surface area contributed by atoms with E-state index in [-0.39, 0.29) is 11.7 Å². The second kappa shape index (κ2) is 7.90. The highest BCUT2D eigenvalue weighted by Gasteiger charge is 2.13. The number of amides is 1. The van der Waals surface area contributed by atoms with Crippen LogP contribution < -0.4 is 10.1 Å². The zero-order chi connectivity index (χ0) is 19.5. The lowest BCUT2D eigenvalue weighted by Gasteiger charge is -2.04. The Balaban J connectivity index is 1.50. The molecule has 3 aromatic heterocycles. The summed E-state index contributed by atoms with van der Waals surface area (Å²) in [5.74, 6) is 0.750. The Morgan fingerprint density at radius 1 is 1.14 bits per heavy atom. The Bertz CT molecular complexity index is 1120. The van der Waals surface area contributed by atoms with Gasteiger partial charge in [0.25, 0.3) is 0 Å². The fraction of sp³-hybridized carbons (Fsp3) is 0.176. The van der Waals surface area contributed by atoms with Crippen LogP contribution in [0.3, 0.4) is 0 Å². The van der Waals surface area contributed by atoms with Gasteiger partial charge in [-0.15, -0.1) is 20.4 Å². The third-order valence-electron chi connectivity index (χ3n) is 3.72. The van der Waals surface area contributed by atoms with Crippen molar-refractivity contribution in [3.8, 4) is 17.0 Å². The molecular weight excluding hydrogens is 398 g/mol. The van der Waals surface area contributed by atoms with Gasteiger partial charge in [0.1, 0.15) is 10.8 Å². The molecule has 28 heavy (non-hydrogen) atoms. The topological polar surface area (TPSA) is 107 Å². The first-order valence-corrected chi connectivity index (χ1v) is 10.0. The lowest BCUT2D eigenvalue weighted by atomic mass is 10.1. The van der Waals surface area contributed by atoms with Gasteiger partial charge in [-0.3, -0.25) is 10.1 Å². The van der Waals surface area contributed by atoms with Gasteiger partial charge in [-0.1, -0.05) is 23.1 Å². The molecule has 0 aliphatic rings. The second-order valence-electron chi connectivity index (χ2n) is 5.66. The fourth-order valence-electron chi connectivity index (χ4n) is 2.41. The van der Waals surface area contributed by atoms with E-state index in [0.29, 0.717) is 15.9 Å². The molecule has 0 radical (unpaired) electrons. The van der Waals surface area contributed by atoms with Gasteiger partial charge in [0, 0.05) is 5.56 Å². The summed E-state index contributed by atoms with van der Waals surface area (Å²) in [7, 11) is 1.63. The monoisotopic (exact) mass is 413 g/mol.